The van der Waals surface area contributed by atoms with Gasteiger partial charge in [0.1, 0.15) is 12.3 Å². The molecule has 0 aliphatic carbocycles. The Labute approximate surface area is 159 Å². The Morgan fingerprint density at radius 1 is 1.11 bits per heavy atom. The van der Waals surface area contributed by atoms with Gasteiger partial charge < -0.3 is 24.4 Å². The van der Waals surface area contributed by atoms with Crippen LogP contribution in [0, 0.1) is 0 Å². The number of carbonyl (C=O) groups is 2. The summed E-state index contributed by atoms with van der Waals surface area (Å²) in [7, 11) is 2.13. The van der Waals surface area contributed by atoms with Crippen molar-refractivity contribution in [3.63, 3.8) is 0 Å². The average molecular weight is 370 g/mol. The van der Waals surface area contributed by atoms with E-state index in [1.54, 1.807) is 18.4 Å². The number of piperazine rings is 1. The molecule has 0 atom stereocenters. The lowest BCUT2D eigenvalue weighted by atomic mass is 10.2. The number of amides is 2. The van der Waals surface area contributed by atoms with E-state index in [1.807, 2.05) is 24.3 Å². The van der Waals surface area contributed by atoms with E-state index < -0.39 is 0 Å². The number of rotatable bonds is 6. The van der Waals surface area contributed by atoms with Gasteiger partial charge in [-0.1, -0.05) is 0 Å². The minimum atomic E-state index is -0.232. The van der Waals surface area contributed by atoms with Crippen LogP contribution in [-0.2, 0) is 16.1 Å². The van der Waals surface area contributed by atoms with Crippen LogP contribution in [0.25, 0.3) is 0 Å². The predicted octanol–water partition coefficient (Wildman–Crippen LogP) is 1.70. The monoisotopic (exact) mass is 370 g/mol. The second-order valence-electron chi connectivity index (χ2n) is 6.77. The molecule has 1 fully saturated rings. The van der Waals surface area contributed by atoms with E-state index in [4.69, 9.17) is 4.42 Å². The zero-order valence-corrected chi connectivity index (χ0v) is 15.9. The van der Waals surface area contributed by atoms with E-state index in [-0.39, 0.29) is 18.4 Å². The van der Waals surface area contributed by atoms with Gasteiger partial charge in [-0.05, 0) is 43.4 Å². The lowest BCUT2D eigenvalue weighted by Crippen LogP contribution is -2.44. The van der Waals surface area contributed by atoms with E-state index in [2.05, 4.69) is 22.2 Å². The molecule has 1 N–H and O–H groups in total. The minimum Gasteiger partial charge on any atom is -0.467 e. The van der Waals surface area contributed by atoms with Crippen molar-refractivity contribution in [3.05, 3.63) is 48.4 Å². The number of nitrogens with zero attached hydrogens (tertiary/aromatic N) is 3. The Bertz CT molecular complexity index is 750. The maximum atomic E-state index is 12.2. The maximum absolute atomic E-state index is 12.2. The van der Waals surface area contributed by atoms with Gasteiger partial charge in [0.25, 0.3) is 0 Å². The summed E-state index contributed by atoms with van der Waals surface area (Å²) in [6.45, 7) is 5.80. The molecule has 0 unspecified atom stereocenters. The molecular weight excluding hydrogens is 344 g/mol. The van der Waals surface area contributed by atoms with Crippen LogP contribution in [0.4, 0.5) is 11.4 Å². The molecule has 3 rings (SSSR count). The summed E-state index contributed by atoms with van der Waals surface area (Å²) in [5, 5.41) is 2.77. The largest absolute Gasteiger partial charge is 0.467 e. The zero-order chi connectivity index (χ0) is 19.2. The number of nitrogens with one attached hydrogen (secondary N) is 1. The molecule has 7 heteroatoms. The van der Waals surface area contributed by atoms with Gasteiger partial charge in [0.05, 0.1) is 12.8 Å². The molecule has 0 saturated carbocycles. The van der Waals surface area contributed by atoms with E-state index in [9.17, 15) is 9.59 Å². The summed E-state index contributed by atoms with van der Waals surface area (Å²) in [4.78, 5) is 30.4. The first kappa shape index (κ1) is 19.0. The molecule has 1 aromatic carbocycles. The van der Waals surface area contributed by atoms with Gasteiger partial charge in [-0.2, -0.15) is 0 Å². The zero-order valence-electron chi connectivity index (χ0n) is 15.9. The summed E-state index contributed by atoms with van der Waals surface area (Å²) < 4.78 is 5.20. The van der Waals surface area contributed by atoms with E-state index in [0.29, 0.717) is 18.0 Å². The highest BCUT2D eigenvalue weighted by atomic mass is 16.3. The van der Waals surface area contributed by atoms with Crippen molar-refractivity contribution in [1.29, 1.82) is 0 Å². The third-order valence-corrected chi connectivity index (χ3v) is 4.75. The van der Waals surface area contributed by atoms with Crippen LogP contribution >= 0.6 is 0 Å². The number of hydrogen-bond donors (Lipinski definition) is 1. The maximum Gasteiger partial charge on any atom is 0.240 e. The Hall–Kier alpha value is -2.80. The molecule has 2 aromatic rings. The number of hydrogen-bond acceptors (Lipinski definition) is 5. The Morgan fingerprint density at radius 3 is 2.41 bits per heavy atom. The number of carbonyl (C=O) groups excluding carboxylic acids is 2. The first-order valence-corrected chi connectivity index (χ1v) is 9.13. The Kier molecular flexibility index (Phi) is 6.13. The van der Waals surface area contributed by atoms with E-state index in [1.165, 1.54) is 11.8 Å². The summed E-state index contributed by atoms with van der Waals surface area (Å²) >= 11 is 0. The van der Waals surface area contributed by atoms with Crippen LogP contribution in [0.3, 0.4) is 0 Å². The summed E-state index contributed by atoms with van der Waals surface area (Å²) in [6.07, 6.45) is 1.56. The van der Waals surface area contributed by atoms with E-state index in [0.717, 1.165) is 31.9 Å². The highest BCUT2D eigenvalue weighted by molar-refractivity contribution is 5.97. The van der Waals surface area contributed by atoms with Gasteiger partial charge in [0.2, 0.25) is 11.8 Å². The highest BCUT2D eigenvalue weighted by Gasteiger charge is 2.18. The average Bonchev–Trinajstić information content (AvgIpc) is 3.19. The SMILES string of the molecule is CC(=O)N(CC(=O)NCc1ccco1)c1ccc(N2CCN(C)CC2)cc1. The number of furan rings is 1. The van der Waals surface area contributed by atoms with Crippen molar-refractivity contribution in [1.82, 2.24) is 10.2 Å². The van der Waals surface area contributed by atoms with Gasteiger partial charge in [0, 0.05) is 44.5 Å². The first-order valence-electron chi connectivity index (χ1n) is 9.13. The van der Waals surface area contributed by atoms with Crippen LogP contribution < -0.4 is 15.1 Å². The number of benzene rings is 1. The normalized spacial score (nSPS) is 14.8. The van der Waals surface area contributed by atoms with Crippen molar-refractivity contribution in [2.24, 2.45) is 0 Å². The fourth-order valence-corrected chi connectivity index (χ4v) is 3.09. The van der Waals surface area contributed by atoms with Crippen LogP contribution in [0.5, 0.6) is 0 Å². The van der Waals surface area contributed by atoms with Crippen LogP contribution in [0.2, 0.25) is 0 Å². The molecule has 7 nitrogen and oxygen atoms in total. The summed E-state index contributed by atoms with van der Waals surface area (Å²) in [5.74, 6) is 0.273. The topological polar surface area (TPSA) is 69.0 Å². The molecule has 1 aromatic heterocycles. The number of anilines is 2. The van der Waals surface area contributed by atoms with Crippen molar-refractivity contribution < 1.29 is 14.0 Å². The van der Waals surface area contributed by atoms with Gasteiger partial charge in [-0.3, -0.25) is 9.59 Å². The van der Waals surface area contributed by atoms with Crippen molar-refractivity contribution in [2.75, 3.05) is 49.6 Å². The van der Waals surface area contributed by atoms with Crippen molar-refractivity contribution >= 4 is 23.2 Å². The lowest BCUT2D eigenvalue weighted by Gasteiger charge is -2.34. The van der Waals surface area contributed by atoms with Crippen molar-refractivity contribution in [2.45, 2.75) is 13.5 Å². The molecule has 27 heavy (non-hydrogen) atoms. The van der Waals surface area contributed by atoms with Crippen molar-refractivity contribution in [3.8, 4) is 0 Å². The molecule has 144 valence electrons. The third kappa shape index (κ3) is 5.10. The molecule has 1 aliphatic heterocycles. The van der Waals surface area contributed by atoms with Gasteiger partial charge in [0.15, 0.2) is 0 Å². The van der Waals surface area contributed by atoms with Gasteiger partial charge in [-0.25, -0.2) is 0 Å². The van der Waals surface area contributed by atoms with E-state index >= 15 is 0 Å². The second kappa shape index (κ2) is 8.73. The molecule has 1 saturated heterocycles. The molecule has 0 bridgehead atoms. The number of likely N-dealkylation sites (N-methyl/N-ethyl adjacent to an activating group) is 1. The molecular formula is C20H26N4O3. The standard InChI is InChI=1S/C20H26N4O3/c1-16(25)24(15-20(26)21-14-19-4-3-13-27-19)18-7-5-17(6-8-18)23-11-9-22(2)10-12-23/h3-8,13H,9-12,14-15H2,1-2H3,(H,21,26). The molecule has 1 aliphatic rings. The molecule has 0 radical (unpaired) electrons. The van der Waals surface area contributed by atoms with Gasteiger partial charge in [-0.15, -0.1) is 0 Å². The molecule has 2 heterocycles. The lowest BCUT2D eigenvalue weighted by molar-refractivity contribution is -0.123. The fraction of sp³-hybridized carbons (Fsp3) is 0.400. The summed E-state index contributed by atoms with van der Waals surface area (Å²) in [5.41, 5.74) is 1.85. The second-order valence-corrected chi connectivity index (χ2v) is 6.77. The summed E-state index contributed by atoms with van der Waals surface area (Å²) in [6, 6.07) is 11.4. The highest BCUT2D eigenvalue weighted by Crippen LogP contribution is 2.22. The van der Waals surface area contributed by atoms with Gasteiger partial charge >= 0.3 is 0 Å². The Balaban J connectivity index is 1.60. The van der Waals surface area contributed by atoms with Crippen LogP contribution in [0.15, 0.2) is 47.1 Å². The molecule has 0 spiro atoms. The minimum absolute atomic E-state index is 0.0239. The fourth-order valence-electron chi connectivity index (χ4n) is 3.09. The molecule has 2 amide bonds. The Morgan fingerprint density at radius 2 is 1.81 bits per heavy atom. The smallest absolute Gasteiger partial charge is 0.240 e. The van der Waals surface area contributed by atoms with Crippen LogP contribution in [0.1, 0.15) is 12.7 Å². The predicted molar refractivity (Wildman–Crippen MR) is 105 cm³/mol. The quantitative estimate of drug-likeness (QED) is 0.838. The third-order valence-electron chi connectivity index (χ3n) is 4.75. The van der Waals surface area contributed by atoms with Crippen LogP contribution in [-0.4, -0.2) is 56.5 Å². The first-order chi connectivity index (χ1) is 13.0.